The van der Waals surface area contributed by atoms with E-state index in [2.05, 4.69) is 27.7 Å². The van der Waals surface area contributed by atoms with Crippen LogP contribution >= 0.6 is 8.53 Å². The molecular weight excluding hydrogens is 462 g/mol. The largest absolute Gasteiger partial charge is 0.511 e. The van der Waals surface area contributed by atoms with Crippen molar-refractivity contribution in [3.8, 4) is 11.5 Å². The van der Waals surface area contributed by atoms with Gasteiger partial charge in [-0.2, -0.15) is 13.2 Å². The number of hydrogen-bond donors (Lipinski definition) is 1. The molecule has 1 aliphatic heterocycles. The van der Waals surface area contributed by atoms with Gasteiger partial charge in [-0.15, -0.1) is 4.49 Å². The van der Waals surface area contributed by atoms with Gasteiger partial charge in [-0.3, -0.25) is 0 Å². The average Bonchev–Trinajstić information content (AvgIpc) is 3.00. The Bertz CT molecular complexity index is 1170. The Labute approximate surface area is 186 Å². The van der Waals surface area contributed by atoms with Crippen LogP contribution < -0.4 is 13.5 Å². The number of halogens is 3. The maximum atomic E-state index is 13.1. The molecule has 0 saturated heterocycles. The molecule has 32 heavy (non-hydrogen) atoms. The number of sulfonamides is 1. The predicted octanol–water partition coefficient (Wildman–Crippen LogP) is 5.77. The highest BCUT2D eigenvalue weighted by molar-refractivity contribution is 7.94. The quantitative estimate of drug-likeness (QED) is 0.549. The summed E-state index contributed by atoms with van der Waals surface area (Å²) in [6, 6.07) is 11.0. The Balaban J connectivity index is 1.77. The summed E-state index contributed by atoms with van der Waals surface area (Å²) in [4.78, 5) is 0. The van der Waals surface area contributed by atoms with Crippen molar-refractivity contribution in [2.75, 3.05) is 0 Å². The minimum absolute atomic E-state index is 0.210. The van der Waals surface area contributed by atoms with Crippen LogP contribution in [0.3, 0.4) is 0 Å². The minimum Gasteiger partial charge on any atom is -0.426 e. The monoisotopic (exact) mass is 485 g/mol. The minimum atomic E-state index is -5.67. The molecule has 0 atom stereocenters. The van der Waals surface area contributed by atoms with Gasteiger partial charge < -0.3 is 9.05 Å². The third-order valence-electron chi connectivity index (χ3n) is 6.82. The van der Waals surface area contributed by atoms with Crippen LogP contribution in [-0.4, -0.2) is 13.9 Å². The molecule has 0 unspecified atom stereocenters. The molecule has 2 aromatic rings. The van der Waals surface area contributed by atoms with Crippen LogP contribution in [0.5, 0.6) is 11.5 Å². The fraction of sp³-hybridized carbons (Fsp3) is 0.455. The van der Waals surface area contributed by atoms with E-state index in [0.717, 1.165) is 35.1 Å². The van der Waals surface area contributed by atoms with Crippen LogP contribution in [-0.2, 0) is 26.3 Å². The van der Waals surface area contributed by atoms with Crippen LogP contribution in [0.25, 0.3) is 0 Å². The first-order chi connectivity index (χ1) is 14.7. The number of alkyl halides is 3. The van der Waals surface area contributed by atoms with Crippen molar-refractivity contribution in [3.63, 3.8) is 0 Å². The van der Waals surface area contributed by atoms with E-state index in [-0.39, 0.29) is 10.8 Å². The van der Waals surface area contributed by atoms with Crippen LogP contribution in [0.1, 0.15) is 62.8 Å². The lowest BCUT2D eigenvalue weighted by molar-refractivity contribution is -0.0442. The van der Waals surface area contributed by atoms with Crippen molar-refractivity contribution in [2.45, 2.75) is 62.3 Å². The zero-order valence-electron chi connectivity index (χ0n) is 18.0. The molecule has 172 valence electrons. The molecule has 1 spiro atoms. The van der Waals surface area contributed by atoms with Gasteiger partial charge in [0.1, 0.15) is 11.5 Å². The Hall–Kier alpha value is -1.83. The molecule has 0 amide bonds. The highest BCUT2D eigenvalue weighted by atomic mass is 32.2. The van der Waals surface area contributed by atoms with Crippen molar-refractivity contribution in [3.05, 3.63) is 58.7 Å². The Morgan fingerprint density at radius 2 is 1.31 bits per heavy atom. The molecule has 0 radical (unpaired) electrons. The second-order valence-corrected chi connectivity index (χ2v) is 13.1. The molecule has 2 aromatic carbocycles. The van der Waals surface area contributed by atoms with Gasteiger partial charge in [-0.25, -0.2) is 8.42 Å². The van der Waals surface area contributed by atoms with Gasteiger partial charge in [-0.1, -0.05) is 52.0 Å². The van der Waals surface area contributed by atoms with Crippen LogP contribution in [0.4, 0.5) is 13.2 Å². The molecular formula is C22H23F3NO4PS. The first-order valence-corrected chi connectivity index (χ1v) is 12.9. The maximum Gasteiger partial charge on any atom is 0.511 e. The van der Waals surface area contributed by atoms with Crippen molar-refractivity contribution in [1.29, 1.82) is 0 Å². The van der Waals surface area contributed by atoms with Crippen molar-refractivity contribution in [2.24, 2.45) is 0 Å². The Morgan fingerprint density at radius 1 is 0.875 bits per heavy atom. The van der Waals surface area contributed by atoms with Crippen LogP contribution in [0.15, 0.2) is 36.4 Å². The molecule has 1 heterocycles. The topological polar surface area (TPSA) is 64.6 Å². The Morgan fingerprint density at radius 3 is 1.72 bits per heavy atom. The van der Waals surface area contributed by atoms with E-state index in [1.807, 2.05) is 12.1 Å². The Kier molecular flexibility index (Phi) is 4.39. The summed E-state index contributed by atoms with van der Waals surface area (Å²) in [6.45, 7) is 8.58. The SMILES string of the molecule is CC1(C)CC23CC(C)(C)c4cccc(c42)OP(NS(=O)(=O)C(F)(F)F)Oc2cccc1c23. The van der Waals surface area contributed by atoms with E-state index in [1.54, 1.807) is 28.8 Å². The highest BCUT2D eigenvalue weighted by Gasteiger charge is 2.60. The third kappa shape index (κ3) is 2.94. The van der Waals surface area contributed by atoms with E-state index < -0.39 is 29.5 Å². The molecule has 0 aromatic heterocycles. The fourth-order valence-corrected chi connectivity index (χ4v) is 8.15. The van der Waals surface area contributed by atoms with Gasteiger partial charge in [0.25, 0.3) is 0 Å². The molecule has 0 bridgehead atoms. The van der Waals surface area contributed by atoms with Gasteiger partial charge in [0.2, 0.25) is 0 Å². The summed E-state index contributed by atoms with van der Waals surface area (Å²) in [5.74, 6) is 0.726. The molecule has 5 nitrogen and oxygen atoms in total. The van der Waals surface area contributed by atoms with E-state index >= 15 is 0 Å². The molecule has 3 aliphatic rings. The normalized spacial score (nSPS) is 22.2. The van der Waals surface area contributed by atoms with Crippen molar-refractivity contribution < 1.29 is 30.6 Å². The second kappa shape index (κ2) is 6.39. The number of hydrogen-bond acceptors (Lipinski definition) is 4. The molecule has 1 N–H and O–H groups in total. The fourth-order valence-electron chi connectivity index (χ4n) is 5.95. The van der Waals surface area contributed by atoms with Crippen LogP contribution in [0, 0.1) is 0 Å². The summed E-state index contributed by atoms with van der Waals surface area (Å²) < 4.78 is 76.3. The van der Waals surface area contributed by atoms with Crippen molar-refractivity contribution >= 4 is 18.5 Å². The number of rotatable bonds is 2. The van der Waals surface area contributed by atoms with Gasteiger partial charge in [0, 0.05) is 16.5 Å². The van der Waals surface area contributed by atoms with Gasteiger partial charge in [0.15, 0.2) is 0 Å². The summed E-state index contributed by atoms with van der Waals surface area (Å²) in [7, 11) is -8.34. The average molecular weight is 485 g/mol. The van der Waals surface area contributed by atoms with E-state index in [4.69, 9.17) is 9.05 Å². The zero-order chi connectivity index (χ0) is 23.3. The maximum absolute atomic E-state index is 13.1. The lowest BCUT2D eigenvalue weighted by Crippen LogP contribution is -2.36. The molecule has 0 fully saturated rings. The number of benzene rings is 2. The van der Waals surface area contributed by atoms with Crippen molar-refractivity contribution in [1.82, 2.24) is 4.49 Å². The highest BCUT2D eigenvalue weighted by Crippen LogP contribution is 2.68. The molecule has 10 heteroatoms. The standard InChI is InChI=1S/C22H23F3NO4PS/c1-19(2)11-21-12-20(3,4)14-8-6-10-16(18(14)21)30-31(26-32(27,28)22(23,24)25)29-15-9-5-7-13(19)17(15)21/h5-10,26H,11-12H2,1-4H3. The summed E-state index contributed by atoms with van der Waals surface area (Å²) in [5.41, 5.74) is -2.37. The smallest absolute Gasteiger partial charge is 0.426 e. The summed E-state index contributed by atoms with van der Waals surface area (Å²) in [6.07, 6.45) is 1.58. The first kappa shape index (κ1) is 22.0. The summed E-state index contributed by atoms with van der Waals surface area (Å²) >= 11 is 0. The van der Waals surface area contributed by atoms with E-state index in [9.17, 15) is 21.6 Å². The molecule has 0 saturated carbocycles. The second-order valence-electron chi connectivity index (χ2n) is 10.0. The van der Waals surface area contributed by atoms with Gasteiger partial charge in [0.05, 0.1) is 0 Å². The van der Waals surface area contributed by atoms with Gasteiger partial charge >= 0.3 is 24.1 Å². The van der Waals surface area contributed by atoms with E-state index in [0.29, 0.717) is 11.5 Å². The predicted molar refractivity (Wildman–Crippen MR) is 115 cm³/mol. The summed E-state index contributed by atoms with van der Waals surface area (Å²) in [5, 5.41) is 0. The molecule has 2 aliphatic carbocycles. The lowest BCUT2D eigenvalue weighted by Gasteiger charge is -2.34. The van der Waals surface area contributed by atoms with Crippen LogP contribution in [0.2, 0.25) is 0 Å². The third-order valence-corrected chi connectivity index (χ3v) is 9.71. The van der Waals surface area contributed by atoms with Gasteiger partial charge in [-0.05, 0) is 46.9 Å². The van der Waals surface area contributed by atoms with E-state index in [1.165, 1.54) is 0 Å². The zero-order valence-corrected chi connectivity index (χ0v) is 19.7. The number of nitrogens with one attached hydrogen (secondary N) is 1. The lowest BCUT2D eigenvalue weighted by atomic mass is 9.72. The first-order valence-electron chi connectivity index (χ1n) is 10.2. The molecule has 5 rings (SSSR count).